The van der Waals surface area contributed by atoms with Crippen LogP contribution in [-0.4, -0.2) is 56.3 Å². The highest BCUT2D eigenvalue weighted by Gasteiger charge is 2.21. The molecule has 0 saturated carbocycles. The van der Waals surface area contributed by atoms with Gasteiger partial charge < -0.3 is 44.6 Å². The van der Waals surface area contributed by atoms with E-state index in [0.29, 0.717) is 18.1 Å². The number of carbonyl (C=O) groups excluding carboxylic acids is 1. The number of imidazole rings is 2. The molecule has 0 atom stereocenters. The van der Waals surface area contributed by atoms with Gasteiger partial charge in [0.25, 0.3) is 0 Å². The third-order valence-electron chi connectivity index (χ3n) is 9.13. The summed E-state index contributed by atoms with van der Waals surface area (Å²) >= 11 is 0. The fourth-order valence-corrected chi connectivity index (χ4v) is 6.42. The molecule has 0 spiro atoms. The van der Waals surface area contributed by atoms with Crippen molar-refractivity contribution in [3.05, 3.63) is 150 Å². The highest BCUT2D eigenvalue weighted by Crippen LogP contribution is 2.33. The second-order valence-corrected chi connectivity index (χ2v) is 12.7. The Morgan fingerprint density at radius 2 is 1.43 bits per heavy atom. The molecule has 270 valence electrons. The van der Waals surface area contributed by atoms with Gasteiger partial charge in [-0.05, 0) is 65.3 Å². The van der Waals surface area contributed by atoms with Gasteiger partial charge in [-0.25, -0.2) is 14.8 Å². The molecule has 4 aromatic carbocycles. The minimum absolute atomic E-state index is 0.329. The Morgan fingerprint density at radius 3 is 2.09 bits per heavy atom. The van der Waals surface area contributed by atoms with E-state index < -0.39 is 6.09 Å². The molecule has 0 radical (unpaired) electrons. The first-order chi connectivity index (χ1) is 26.0. The van der Waals surface area contributed by atoms with Crippen LogP contribution in [0, 0.1) is 0 Å². The third-order valence-corrected chi connectivity index (χ3v) is 9.13. The number of aromatic nitrogens is 5. The smallest absolute Gasteiger partial charge is 0.412 e. The van der Waals surface area contributed by atoms with Gasteiger partial charge in [-0.1, -0.05) is 42.5 Å². The summed E-state index contributed by atoms with van der Waals surface area (Å²) in [6, 6.07) is 29.6. The predicted molar refractivity (Wildman–Crippen MR) is 205 cm³/mol. The van der Waals surface area contributed by atoms with Crippen molar-refractivity contribution >= 4 is 28.4 Å². The van der Waals surface area contributed by atoms with Gasteiger partial charge in [0.2, 0.25) is 0 Å². The molecule has 0 bridgehead atoms. The number of amides is 1. The van der Waals surface area contributed by atoms with Crippen LogP contribution in [0.15, 0.2) is 122 Å². The van der Waals surface area contributed by atoms with Crippen molar-refractivity contribution in [1.82, 2.24) is 30.2 Å². The number of anilines is 2. The number of carbonyl (C=O) groups is 1. The zero-order chi connectivity index (χ0) is 36.4. The Kier molecular flexibility index (Phi) is 10.9. The Hall–Kier alpha value is -6.69. The van der Waals surface area contributed by atoms with Crippen LogP contribution >= 0.6 is 0 Å². The first kappa shape index (κ1) is 34.7. The van der Waals surface area contributed by atoms with Crippen LogP contribution in [-0.2, 0) is 32.5 Å². The van der Waals surface area contributed by atoms with Gasteiger partial charge >= 0.3 is 6.09 Å². The number of H-pyrrole nitrogens is 3. The summed E-state index contributed by atoms with van der Waals surface area (Å²) in [5.41, 5.74) is 9.27. The summed E-state index contributed by atoms with van der Waals surface area (Å²) in [4.78, 5) is 33.2. The van der Waals surface area contributed by atoms with Crippen LogP contribution in [0.3, 0.4) is 0 Å². The number of hydrogen-bond acceptors (Lipinski definition) is 8. The summed E-state index contributed by atoms with van der Waals surface area (Å²) in [6.07, 6.45) is 10.6. The van der Waals surface area contributed by atoms with E-state index in [2.05, 4.69) is 64.3 Å². The minimum atomic E-state index is -0.455. The monoisotopic (exact) mass is 710 g/mol. The van der Waals surface area contributed by atoms with Crippen LogP contribution in [0.25, 0.3) is 10.9 Å². The number of nitrogens with zero attached hydrogens (tertiary/aromatic N) is 4. The van der Waals surface area contributed by atoms with Crippen LogP contribution in [0.4, 0.5) is 16.2 Å². The number of fused-ring (bicyclic) bond motifs is 3. The fraction of sp³-hybridized carbons (Fsp3) is 0.195. The number of nitrogens with one attached hydrogen (secondary N) is 4. The number of hydrogen-bond donors (Lipinski definition) is 5. The average molecular weight is 711 g/mol. The number of rotatable bonds is 8. The highest BCUT2D eigenvalue weighted by molar-refractivity contribution is 5.80. The Bertz CT molecular complexity index is 2220. The van der Waals surface area contributed by atoms with Crippen molar-refractivity contribution in [3.8, 4) is 17.2 Å². The molecule has 0 aliphatic carbocycles. The maximum atomic E-state index is 11.3. The largest absolute Gasteiger partial charge is 0.508 e. The van der Waals surface area contributed by atoms with E-state index in [1.54, 1.807) is 25.8 Å². The Balaban J connectivity index is 0.000000124. The van der Waals surface area contributed by atoms with Crippen LogP contribution in [0.2, 0.25) is 0 Å². The molecule has 2 aliphatic rings. The molecule has 2 aliphatic heterocycles. The Morgan fingerprint density at radius 1 is 0.774 bits per heavy atom. The van der Waals surface area contributed by atoms with Gasteiger partial charge in [-0.15, -0.1) is 0 Å². The van der Waals surface area contributed by atoms with Crippen LogP contribution < -0.4 is 24.6 Å². The van der Waals surface area contributed by atoms with E-state index in [9.17, 15) is 9.90 Å². The molecule has 0 saturated heterocycles. The lowest BCUT2D eigenvalue weighted by atomic mass is 10.1. The molecular weight excluding hydrogens is 669 g/mol. The second-order valence-electron chi connectivity index (χ2n) is 12.7. The summed E-state index contributed by atoms with van der Waals surface area (Å²) in [6.45, 7) is 4.15. The number of aromatic hydroxyl groups is 1. The SMILES string of the molecule is CNC(=O)Oc1ccc2c(c1)N(Cc1cnc[nH]1)CC2.Oc1ccc2c(c1)N(Cc1cnc[nH]1)CC2.c1ccc(COc2ccc3cc[nH]c3c2)cc1. The quantitative estimate of drug-likeness (QED) is 0.112. The van der Waals surface area contributed by atoms with Gasteiger partial charge in [0.05, 0.1) is 37.1 Å². The summed E-state index contributed by atoms with van der Waals surface area (Å²) in [7, 11) is 1.54. The fourth-order valence-electron chi connectivity index (χ4n) is 6.42. The number of aromatic amines is 3. The van der Waals surface area contributed by atoms with Crippen molar-refractivity contribution in [2.75, 3.05) is 29.9 Å². The predicted octanol–water partition coefficient (Wildman–Crippen LogP) is 7.12. The molecule has 5 heterocycles. The lowest BCUT2D eigenvalue weighted by molar-refractivity contribution is 0.203. The van der Waals surface area contributed by atoms with Gasteiger partial charge in [-0.2, -0.15) is 0 Å². The second kappa shape index (κ2) is 16.6. The normalized spacial score (nSPS) is 12.6. The van der Waals surface area contributed by atoms with Gasteiger partial charge in [0.1, 0.15) is 23.9 Å². The maximum Gasteiger partial charge on any atom is 0.412 e. The number of ether oxygens (including phenoxy) is 2. The van der Waals surface area contributed by atoms with Gasteiger partial charge in [-0.3, -0.25) is 0 Å². The zero-order valence-electron chi connectivity index (χ0n) is 29.5. The Labute approximate surface area is 307 Å². The van der Waals surface area contributed by atoms with E-state index in [0.717, 1.165) is 73.0 Å². The number of phenolic OH excluding ortho intramolecular Hbond substituents is 1. The first-order valence-electron chi connectivity index (χ1n) is 17.5. The molecular formula is C41H42N8O4. The molecule has 12 nitrogen and oxygen atoms in total. The molecule has 5 N–H and O–H groups in total. The van der Waals surface area contributed by atoms with Crippen molar-refractivity contribution in [1.29, 1.82) is 0 Å². The van der Waals surface area contributed by atoms with E-state index in [1.807, 2.05) is 79.3 Å². The lowest BCUT2D eigenvalue weighted by Crippen LogP contribution is -2.22. The number of phenols is 1. The zero-order valence-corrected chi connectivity index (χ0v) is 29.5. The van der Waals surface area contributed by atoms with Crippen molar-refractivity contribution in [3.63, 3.8) is 0 Å². The first-order valence-corrected chi connectivity index (χ1v) is 17.5. The lowest BCUT2D eigenvalue weighted by Gasteiger charge is -2.18. The van der Waals surface area contributed by atoms with E-state index in [4.69, 9.17) is 9.47 Å². The molecule has 9 rings (SSSR count). The molecule has 7 aromatic rings. The van der Waals surface area contributed by atoms with E-state index >= 15 is 0 Å². The van der Waals surface area contributed by atoms with E-state index in [-0.39, 0.29) is 0 Å². The minimum Gasteiger partial charge on any atom is -0.508 e. The molecule has 12 heteroatoms. The van der Waals surface area contributed by atoms with Crippen LogP contribution in [0.5, 0.6) is 17.2 Å². The summed E-state index contributed by atoms with van der Waals surface area (Å²) in [5.74, 6) is 1.78. The number of benzene rings is 4. The van der Waals surface area contributed by atoms with Gasteiger partial charge in [0, 0.05) is 73.8 Å². The third kappa shape index (κ3) is 8.98. The van der Waals surface area contributed by atoms with Crippen molar-refractivity contribution in [2.24, 2.45) is 0 Å². The van der Waals surface area contributed by atoms with Crippen molar-refractivity contribution in [2.45, 2.75) is 32.5 Å². The van der Waals surface area contributed by atoms with Crippen LogP contribution in [0.1, 0.15) is 28.1 Å². The van der Waals surface area contributed by atoms with Crippen molar-refractivity contribution < 1.29 is 19.4 Å². The molecule has 0 unspecified atom stereocenters. The van der Waals surface area contributed by atoms with Gasteiger partial charge in [0.15, 0.2) is 0 Å². The summed E-state index contributed by atoms with van der Waals surface area (Å²) < 4.78 is 10.9. The average Bonchev–Trinajstić information content (AvgIpc) is 4.05. The van der Waals surface area contributed by atoms with E-state index in [1.165, 1.54) is 22.1 Å². The molecule has 3 aromatic heterocycles. The standard InChI is InChI=1S/C15H13NO.C14H16N4O2.C12H13N3O/c1-2-4-12(5-3-1)11-17-14-7-6-13-8-9-16-15(13)10-14;1-15-14(19)20-12-3-2-10-4-5-18(13(10)6-12)8-11-7-16-9-17-11;16-11-2-1-9-3-4-15(12(9)5-11)7-10-6-13-8-14-10/h1-10,16H,11H2;2-3,6-7,9H,4-5,8H2,1H3,(H,15,19)(H,16,17);1-2,5-6,8,16H,3-4,7H2,(H,13,14). The molecule has 53 heavy (non-hydrogen) atoms. The highest BCUT2D eigenvalue weighted by atomic mass is 16.6. The summed E-state index contributed by atoms with van der Waals surface area (Å²) in [5, 5.41) is 13.1. The maximum absolute atomic E-state index is 11.3. The topological polar surface area (TPSA) is 147 Å². The molecule has 1 amide bonds. The molecule has 0 fully saturated rings.